The molecule has 0 bridgehead atoms. The Morgan fingerprint density at radius 3 is 2.07 bits per heavy atom. The Labute approximate surface area is 166 Å². The summed E-state index contributed by atoms with van der Waals surface area (Å²) in [6, 6.07) is 11.7. The molecule has 0 heterocycles. The standard InChI is InChI=1S/C21H26N2O4S/c1-6-23(14-16-8-10-17(11-9-16)20(24)22(3)4)21(25)19-13-18(28(5,26)27)12-7-15(19)2/h7-13H,6,14H2,1-5H3. The van der Waals surface area contributed by atoms with Gasteiger partial charge in [-0.3, -0.25) is 9.59 Å². The molecule has 28 heavy (non-hydrogen) atoms. The molecule has 150 valence electrons. The fraction of sp³-hybridized carbons (Fsp3) is 0.333. The maximum atomic E-state index is 13.0. The molecular weight excluding hydrogens is 376 g/mol. The van der Waals surface area contributed by atoms with Gasteiger partial charge in [-0.25, -0.2) is 8.42 Å². The predicted octanol–water partition coefficient (Wildman–Crippen LogP) is 2.76. The lowest BCUT2D eigenvalue weighted by molar-refractivity contribution is 0.0750. The first-order chi connectivity index (χ1) is 13.0. The summed E-state index contributed by atoms with van der Waals surface area (Å²) < 4.78 is 23.7. The minimum Gasteiger partial charge on any atom is -0.345 e. The molecule has 0 radical (unpaired) electrons. The van der Waals surface area contributed by atoms with Crippen LogP contribution in [0.25, 0.3) is 0 Å². The lowest BCUT2D eigenvalue weighted by atomic mass is 10.1. The Morgan fingerprint density at radius 1 is 0.964 bits per heavy atom. The van der Waals surface area contributed by atoms with E-state index in [1.165, 1.54) is 17.0 Å². The molecule has 0 fully saturated rings. The molecule has 2 rings (SSSR count). The number of carbonyl (C=O) groups excluding carboxylic acids is 2. The Hall–Kier alpha value is -2.67. The van der Waals surface area contributed by atoms with Crippen molar-refractivity contribution in [2.75, 3.05) is 26.9 Å². The molecule has 6 nitrogen and oxygen atoms in total. The second-order valence-electron chi connectivity index (χ2n) is 6.96. The Kier molecular flexibility index (Phi) is 6.61. The first-order valence-electron chi connectivity index (χ1n) is 8.95. The van der Waals surface area contributed by atoms with Crippen molar-refractivity contribution in [3.8, 4) is 0 Å². The van der Waals surface area contributed by atoms with Crippen molar-refractivity contribution in [3.05, 3.63) is 64.7 Å². The molecule has 2 aromatic carbocycles. The van der Waals surface area contributed by atoms with Crippen molar-refractivity contribution < 1.29 is 18.0 Å². The highest BCUT2D eigenvalue weighted by Crippen LogP contribution is 2.19. The number of sulfone groups is 1. The SMILES string of the molecule is CCN(Cc1ccc(C(=O)N(C)C)cc1)C(=O)c1cc(S(C)(=O)=O)ccc1C. The summed E-state index contributed by atoms with van der Waals surface area (Å²) in [4.78, 5) is 28.3. The van der Waals surface area contributed by atoms with E-state index in [0.717, 1.165) is 17.4 Å². The summed E-state index contributed by atoms with van der Waals surface area (Å²) in [5, 5.41) is 0. The second-order valence-corrected chi connectivity index (χ2v) is 8.98. The first-order valence-corrected chi connectivity index (χ1v) is 10.8. The van der Waals surface area contributed by atoms with Gasteiger partial charge in [0.25, 0.3) is 11.8 Å². The number of hydrogen-bond donors (Lipinski definition) is 0. The van der Waals surface area contributed by atoms with Crippen LogP contribution in [0.15, 0.2) is 47.4 Å². The van der Waals surface area contributed by atoms with Crippen LogP contribution in [-0.2, 0) is 16.4 Å². The fourth-order valence-electron chi connectivity index (χ4n) is 2.79. The quantitative estimate of drug-likeness (QED) is 0.745. The van der Waals surface area contributed by atoms with E-state index in [9.17, 15) is 18.0 Å². The smallest absolute Gasteiger partial charge is 0.254 e. The van der Waals surface area contributed by atoms with Gasteiger partial charge < -0.3 is 9.80 Å². The third-order valence-electron chi connectivity index (χ3n) is 4.52. The molecule has 2 aromatic rings. The van der Waals surface area contributed by atoms with Gasteiger partial charge in [0, 0.05) is 44.6 Å². The molecule has 0 aromatic heterocycles. The Bertz CT molecular complexity index is 980. The maximum absolute atomic E-state index is 13.0. The van der Waals surface area contributed by atoms with Gasteiger partial charge >= 0.3 is 0 Å². The number of carbonyl (C=O) groups is 2. The number of benzene rings is 2. The van der Waals surface area contributed by atoms with Crippen molar-refractivity contribution in [1.29, 1.82) is 0 Å². The van der Waals surface area contributed by atoms with Crippen molar-refractivity contribution in [3.63, 3.8) is 0 Å². The largest absolute Gasteiger partial charge is 0.345 e. The van der Waals surface area contributed by atoms with Crippen molar-refractivity contribution in [1.82, 2.24) is 9.80 Å². The molecular formula is C21H26N2O4S. The van der Waals surface area contributed by atoms with Gasteiger partial charge in [-0.2, -0.15) is 0 Å². The molecule has 0 saturated heterocycles. The van der Waals surface area contributed by atoms with E-state index in [1.54, 1.807) is 44.1 Å². The van der Waals surface area contributed by atoms with Gasteiger partial charge in [-0.1, -0.05) is 18.2 Å². The van der Waals surface area contributed by atoms with Gasteiger partial charge in [-0.05, 0) is 49.2 Å². The third kappa shape index (κ3) is 4.98. The van der Waals surface area contributed by atoms with E-state index in [1.807, 2.05) is 19.1 Å². The highest BCUT2D eigenvalue weighted by Gasteiger charge is 2.19. The van der Waals surface area contributed by atoms with Crippen LogP contribution in [-0.4, -0.2) is 56.9 Å². The van der Waals surface area contributed by atoms with E-state index in [0.29, 0.717) is 24.2 Å². The average Bonchev–Trinajstić information content (AvgIpc) is 2.64. The van der Waals surface area contributed by atoms with Crippen LogP contribution >= 0.6 is 0 Å². The second kappa shape index (κ2) is 8.56. The summed E-state index contributed by atoms with van der Waals surface area (Å²) in [6.45, 7) is 4.50. The zero-order valence-electron chi connectivity index (χ0n) is 16.9. The van der Waals surface area contributed by atoms with Crippen molar-refractivity contribution in [2.45, 2.75) is 25.3 Å². The Morgan fingerprint density at radius 2 is 1.57 bits per heavy atom. The molecule has 0 aliphatic carbocycles. The maximum Gasteiger partial charge on any atom is 0.254 e. The van der Waals surface area contributed by atoms with Crippen LogP contribution in [0, 0.1) is 6.92 Å². The molecule has 0 aliphatic rings. The number of aryl methyl sites for hydroxylation is 1. The van der Waals surface area contributed by atoms with Gasteiger partial charge in [0.15, 0.2) is 9.84 Å². The summed E-state index contributed by atoms with van der Waals surface area (Å²) in [5.41, 5.74) is 2.58. The van der Waals surface area contributed by atoms with Gasteiger partial charge in [0.2, 0.25) is 0 Å². The highest BCUT2D eigenvalue weighted by molar-refractivity contribution is 7.90. The Balaban J connectivity index is 2.26. The molecule has 0 aliphatic heterocycles. The van der Waals surface area contributed by atoms with Crippen LogP contribution in [0.3, 0.4) is 0 Å². The van der Waals surface area contributed by atoms with Gasteiger partial charge in [0.1, 0.15) is 0 Å². The van der Waals surface area contributed by atoms with E-state index in [-0.39, 0.29) is 16.7 Å². The monoisotopic (exact) mass is 402 g/mol. The molecule has 0 atom stereocenters. The summed E-state index contributed by atoms with van der Waals surface area (Å²) in [6.07, 6.45) is 1.13. The molecule has 0 spiro atoms. The molecule has 0 saturated carbocycles. The minimum atomic E-state index is -3.39. The van der Waals surface area contributed by atoms with Crippen LogP contribution in [0.5, 0.6) is 0 Å². The minimum absolute atomic E-state index is 0.0804. The summed E-state index contributed by atoms with van der Waals surface area (Å²) in [7, 11) is -0.00332. The van der Waals surface area contributed by atoms with E-state index in [2.05, 4.69) is 0 Å². The van der Waals surface area contributed by atoms with E-state index in [4.69, 9.17) is 0 Å². The van der Waals surface area contributed by atoms with Crippen LogP contribution in [0.4, 0.5) is 0 Å². The zero-order chi connectivity index (χ0) is 21.1. The van der Waals surface area contributed by atoms with Gasteiger partial charge in [-0.15, -0.1) is 0 Å². The molecule has 7 heteroatoms. The van der Waals surface area contributed by atoms with E-state index < -0.39 is 9.84 Å². The molecule has 0 unspecified atom stereocenters. The normalized spacial score (nSPS) is 11.2. The number of hydrogen-bond acceptors (Lipinski definition) is 4. The first kappa shape index (κ1) is 21.6. The van der Waals surface area contributed by atoms with Crippen LogP contribution in [0.2, 0.25) is 0 Å². The third-order valence-corrected chi connectivity index (χ3v) is 5.63. The topological polar surface area (TPSA) is 74.8 Å². The fourth-order valence-corrected chi connectivity index (χ4v) is 3.44. The molecule has 0 N–H and O–H groups in total. The van der Waals surface area contributed by atoms with Crippen molar-refractivity contribution >= 4 is 21.7 Å². The number of rotatable bonds is 6. The average molecular weight is 403 g/mol. The lowest BCUT2D eigenvalue weighted by Gasteiger charge is -2.22. The molecule has 2 amide bonds. The zero-order valence-corrected chi connectivity index (χ0v) is 17.7. The lowest BCUT2D eigenvalue weighted by Crippen LogP contribution is -2.31. The highest BCUT2D eigenvalue weighted by atomic mass is 32.2. The predicted molar refractivity (Wildman–Crippen MR) is 109 cm³/mol. The van der Waals surface area contributed by atoms with Crippen LogP contribution < -0.4 is 0 Å². The summed E-state index contributed by atoms with van der Waals surface area (Å²) in [5.74, 6) is -0.304. The van der Waals surface area contributed by atoms with E-state index >= 15 is 0 Å². The number of nitrogens with zero attached hydrogens (tertiary/aromatic N) is 2. The summed E-state index contributed by atoms with van der Waals surface area (Å²) >= 11 is 0. The van der Waals surface area contributed by atoms with Crippen LogP contribution in [0.1, 0.15) is 38.8 Å². The van der Waals surface area contributed by atoms with Gasteiger partial charge in [0.05, 0.1) is 4.90 Å². The number of amides is 2. The van der Waals surface area contributed by atoms with Crippen molar-refractivity contribution in [2.24, 2.45) is 0 Å².